The van der Waals surface area contributed by atoms with E-state index in [1.165, 1.54) is 24.3 Å². The zero-order chi connectivity index (χ0) is 20.9. The van der Waals surface area contributed by atoms with Gasteiger partial charge in [0.2, 0.25) is 10.0 Å². The van der Waals surface area contributed by atoms with Gasteiger partial charge in [-0.25, -0.2) is 13.1 Å². The first-order valence-electron chi connectivity index (χ1n) is 9.04. The van der Waals surface area contributed by atoms with Crippen molar-refractivity contribution in [1.82, 2.24) is 9.62 Å². The Balaban J connectivity index is 1.68. The molecule has 9 heteroatoms. The number of benzene rings is 2. The van der Waals surface area contributed by atoms with Crippen molar-refractivity contribution in [2.75, 3.05) is 26.2 Å². The number of carbonyl (C=O) groups excluding carboxylic acids is 1. The number of amides is 1. The molecule has 2 aromatic rings. The second-order valence-electron chi connectivity index (χ2n) is 6.49. The Morgan fingerprint density at radius 2 is 1.90 bits per heavy atom. The fourth-order valence-electron chi connectivity index (χ4n) is 3.00. The van der Waals surface area contributed by atoms with E-state index in [2.05, 4.69) is 20.7 Å². The molecule has 0 radical (unpaired) electrons. The van der Waals surface area contributed by atoms with Crippen LogP contribution in [0.5, 0.6) is 0 Å². The lowest BCUT2D eigenvalue weighted by atomic mass is 10.1. The molecule has 0 saturated carbocycles. The summed E-state index contributed by atoms with van der Waals surface area (Å²) in [5, 5.41) is 8.52. The molecule has 0 aromatic heterocycles. The highest BCUT2D eigenvalue weighted by Gasteiger charge is 2.26. The van der Waals surface area contributed by atoms with Gasteiger partial charge >= 0.3 is 0 Å². The maximum Gasteiger partial charge on any atom is 0.254 e. The Bertz CT molecular complexity index is 1000. The average molecular weight is 478 g/mol. The molecular weight excluding hydrogens is 458 g/mol. The Morgan fingerprint density at radius 1 is 1.21 bits per heavy atom. The molecule has 1 atom stereocenters. The number of nitrogens with one attached hydrogen (secondary N) is 1. The molecule has 1 unspecified atom stereocenters. The number of rotatable bonds is 6. The maximum absolute atomic E-state index is 12.9. The van der Waals surface area contributed by atoms with Gasteiger partial charge in [-0.1, -0.05) is 28.1 Å². The van der Waals surface area contributed by atoms with Crippen LogP contribution in [0.1, 0.15) is 28.4 Å². The first-order chi connectivity index (χ1) is 13.9. The molecule has 7 nitrogen and oxygen atoms in total. The van der Waals surface area contributed by atoms with Crippen LogP contribution in [-0.4, -0.2) is 45.5 Å². The van der Waals surface area contributed by atoms with Crippen LogP contribution in [0.4, 0.5) is 0 Å². The molecule has 1 N–H and O–H groups in total. The fraction of sp³-hybridized carbons (Fsp3) is 0.300. The van der Waals surface area contributed by atoms with Crippen LogP contribution in [0.25, 0.3) is 0 Å². The summed E-state index contributed by atoms with van der Waals surface area (Å²) in [5.41, 5.74) is 1.41. The van der Waals surface area contributed by atoms with Crippen LogP contribution in [-0.2, 0) is 14.8 Å². The molecule has 1 aliphatic rings. The summed E-state index contributed by atoms with van der Waals surface area (Å²) in [6, 6.07) is 15.5. The SMILES string of the molecule is N#CCCNS(=O)(=O)c1ccc(C(=O)N2CCOC(c3ccc(Br)cc3)C2)cc1. The molecule has 29 heavy (non-hydrogen) atoms. The van der Waals surface area contributed by atoms with Crippen molar-refractivity contribution >= 4 is 31.9 Å². The number of sulfonamides is 1. The summed E-state index contributed by atoms with van der Waals surface area (Å²) in [5.74, 6) is -0.170. The summed E-state index contributed by atoms with van der Waals surface area (Å²) in [4.78, 5) is 14.6. The van der Waals surface area contributed by atoms with Crippen molar-refractivity contribution in [2.45, 2.75) is 17.4 Å². The van der Waals surface area contributed by atoms with E-state index in [0.717, 1.165) is 10.0 Å². The van der Waals surface area contributed by atoms with Gasteiger partial charge in [0.15, 0.2) is 0 Å². The Kier molecular flexibility index (Phi) is 7.03. The standard InChI is InChI=1S/C20H20BrN3O4S/c21-17-6-2-15(3-7-17)19-14-24(12-13-28-19)20(25)16-4-8-18(9-5-16)29(26,27)23-11-1-10-22/h2-9,19,23H,1,11-14H2. The molecule has 1 aliphatic heterocycles. The van der Waals surface area contributed by atoms with Crippen LogP contribution in [0, 0.1) is 11.3 Å². The summed E-state index contributed by atoms with van der Waals surface area (Å²) in [6.45, 7) is 1.38. The van der Waals surface area contributed by atoms with Gasteiger partial charge in [0.1, 0.15) is 6.10 Å². The largest absolute Gasteiger partial charge is 0.370 e. The molecule has 3 rings (SSSR count). The lowest BCUT2D eigenvalue weighted by Crippen LogP contribution is -2.42. The smallest absolute Gasteiger partial charge is 0.254 e. The first-order valence-corrected chi connectivity index (χ1v) is 11.3. The van der Waals surface area contributed by atoms with E-state index in [-0.39, 0.29) is 29.9 Å². The van der Waals surface area contributed by atoms with Gasteiger partial charge in [0.25, 0.3) is 5.91 Å². The number of ether oxygens (including phenoxy) is 1. The second-order valence-corrected chi connectivity index (χ2v) is 9.18. The van der Waals surface area contributed by atoms with Gasteiger partial charge in [0.05, 0.1) is 24.1 Å². The number of halogens is 1. The van der Waals surface area contributed by atoms with Crippen molar-refractivity contribution in [1.29, 1.82) is 5.26 Å². The normalized spacial score (nSPS) is 17.0. The molecule has 0 bridgehead atoms. The minimum atomic E-state index is -3.70. The maximum atomic E-state index is 12.9. The van der Waals surface area contributed by atoms with E-state index in [1.807, 2.05) is 30.3 Å². The number of nitriles is 1. The van der Waals surface area contributed by atoms with Crippen molar-refractivity contribution in [3.8, 4) is 6.07 Å². The van der Waals surface area contributed by atoms with Gasteiger partial charge in [-0.3, -0.25) is 4.79 Å². The molecular formula is C20H20BrN3O4S. The van der Waals surface area contributed by atoms with Gasteiger partial charge in [-0.05, 0) is 42.0 Å². The monoisotopic (exact) mass is 477 g/mol. The van der Waals surface area contributed by atoms with Crippen molar-refractivity contribution in [2.24, 2.45) is 0 Å². The molecule has 1 heterocycles. The first kappa shape index (κ1) is 21.5. The van der Waals surface area contributed by atoms with Crippen molar-refractivity contribution in [3.63, 3.8) is 0 Å². The fourth-order valence-corrected chi connectivity index (χ4v) is 4.29. The Hall–Kier alpha value is -2.25. The van der Waals surface area contributed by atoms with Crippen molar-refractivity contribution in [3.05, 3.63) is 64.1 Å². The van der Waals surface area contributed by atoms with Gasteiger partial charge in [-0.15, -0.1) is 0 Å². The molecule has 1 saturated heterocycles. The summed E-state index contributed by atoms with van der Waals surface area (Å²) in [6.07, 6.45) is -0.114. The van der Waals surface area contributed by atoms with Crippen LogP contribution in [0.2, 0.25) is 0 Å². The highest BCUT2D eigenvalue weighted by Crippen LogP contribution is 2.25. The Labute approximate surface area is 178 Å². The number of hydrogen-bond donors (Lipinski definition) is 1. The Morgan fingerprint density at radius 3 is 2.55 bits per heavy atom. The topological polar surface area (TPSA) is 99.5 Å². The van der Waals surface area contributed by atoms with E-state index >= 15 is 0 Å². The molecule has 0 aliphatic carbocycles. The zero-order valence-corrected chi connectivity index (χ0v) is 17.9. The predicted molar refractivity (Wildman–Crippen MR) is 111 cm³/mol. The van der Waals surface area contributed by atoms with Crippen molar-refractivity contribution < 1.29 is 17.9 Å². The minimum Gasteiger partial charge on any atom is -0.370 e. The van der Waals surface area contributed by atoms with Crippen LogP contribution < -0.4 is 4.72 Å². The van der Waals surface area contributed by atoms with E-state index in [0.29, 0.717) is 25.3 Å². The highest BCUT2D eigenvalue weighted by molar-refractivity contribution is 9.10. The minimum absolute atomic E-state index is 0.0464. The molecule has 0 spiro atoms. The summed E-state index contributed by atoms with van der Waals surface area (Å²) in [7, 11) is -3.70. The average Bonchev–Trinajstić information content (AvgIpc) is 2.74. The number of nitrogens with zero attached hydrogens (tertiary/aromatic N) is 2. The van der Waals surface area contributed by atoms with Crippen LogP contribution >= 0.6 is 15.9 Å². The lowest BCUT2D eigenvalue weighted by Gasteiger charge is -2.33. The van der Waals surface area contributed by atoms with Crippen LogP contribution in [0.3, 0.4) is 0 Å². The predicted octanol–water partition coefficient (Wildman–Crippen LogP) is 2.85. The lowest BCUT2D eigenvalue weighted by molar-refractivity contribution is -0.0228. The van der Waals surface area contributed by atoms with E-state index in [1.54, 1.807) is 4.90 Å². The number of morpholine rings is 1. The highest BCUT2D eigenvalue weighted by atomic mass is 79.9. The summed E-state index contributed by atoms with van der Waals surface area (Å²) >= 11 is 3.41. The van der Waals surface area contributed by atoms with Crippen LogP contribution in [0.15, 0.2) is 57.9 Å². The molecule has 1 amide bonds. The van der Waals surface area contributed by atoms with E-state index in [9.17, 15) is 13.2 Å². The van der Waals surface area contributed by atoms with E-state index < -0.39 is 10.0 Å². The second kappa shape index (κ2) is 9.50. The number of carbonyl (C=O) groups is 1. The van der Waals surface area contributed by atoms with Gasteiger partial charge < -0.3 is 9.64 Å². The summed E-state index contributed by atoms with van der Waals surface area (Å²) < 4.78 is 33.5. The van der Waals surface area contributed by atoms with Gasteiger partial charge in [0, 0.05) is 29.5 Å². The number of hydrogen-bond acceptors (Lipinski definition) is 5. The zero-order valence-electron chi connectivity index (χ0n) is 15.5. The third kappa shape index (κ3) is 5.42. The van der Waals surface area contributed by atoms with Gasteiger partial charge in [-0.2, -0.15) is 5.26 Å². The third-order valence-electron chi connectivity index (χ3n) is 4.54. The third-order valence-corrected chi connectivity index (χ3v) is 6.54. The quantitative estimate of drug-likeness (QED) is 0.644. The molecule has 1 fully saturated rings. The molecule has 2 aromatic carbocycles. The molecule has 152 valence electrons. The van der Waals surface area contributed by atoms with E-state index in [4.69, 9.17) is 10.00 Å².